The van der Waals surface area contributed by atoms with Crippen molar-refractivity contribution in [3.8, 4) is 0 Å². The maximum atomic E-state index is 9.73. The third kappa shape index (κ3) is 2.84. The number of aliphatic hydroxyl groups is 1. The molecule has 0 fully saturated rings. The Morgan fingerprint density at radius 2 is 2.07 bits per heavy atom. The molecule has 0 saturated heterocycles. The highest BCUT2D eigenvalue weighted by Crippen LogP contribution is 2.14. The molecule has 80 valence electrons. The van der Waals surface area contributed by atoms with Gasteiger partial charge in [0, 0.05) is 18.7 Å². The van der Waals surface area contributed by atoms with Gasteiger partial charge < -0.3 is 5.11 Å². The van der Waals surface area contributed by atoms with E-state index >= 15 is 0 Å². The SMILES string of the molecule is CCc1cc(CC(C)(C)O)n(CC)n1. The van der Waals surface area contributed by atoms with Crippen LogP contribution in [0.25, 0.3) is 0 Å². The summed E-state index contributed by atoms with van der Waals surface area (Å²) in [5.74, 6) is 0. The first-order valence-electron chi connectivity index (χ1n) is 5.24. The summed E-state index contributed by atoms with van der Waals surface area (Å²) in [5, 5.41) is 14.2. The van der Waals surface area contributed by atoms with Gasteiger partial charge in [-0.05, 0) is 33.3 Å². The number of nitrogens with zero attached hydrogens (tertiary/aromatic N) is 2. The van der Waals surface area contributed by atoms with Gasteiger partial charge in [-0.2, -0.15) is 5.10 Å². The second kappa shape index (κ2) is 4.13. The third-order valence-corrected chi connectivity index (χ3v) is 2.19. The number of hydrogen-bond acceptors (Lipinski definition) is 2. The van der Waals surface area contributed by atoms with E-state index in [4.69, 9.17) is 0 Å². The van der Waals surface area contributed by atoms with Crippen molar-refractivity contribution in [3.05, 3.63) is 17.5 Å². The van der Waals surface area contributed by atoms with E-state index in [1.807, 2.05) is 18.5 Å². The normalized spacial score (nSPS) is 12.1. The lowest BCUT2D eigenvalue weighted by Gasteiger charge is -2.17. The van der Waals surface area contributed by atoms with Gasteiger partial charge in [-0.25, -0.2) is 0 Å². The van der Waals surface area contributed by atoms with Gasteiger partial charge in [0.05, 0.1) is 11.3 Å². The fourth-order valence-electron chi connectivity index (χ4n) is 1.55. The molecule has 0 unspecified atom stereocenters. The van der Waals surface area contributed by atoms with Crippen LogP contribution >= 0.6 is 0 Å². The van der Waals surface area contributed by atoms with E-state index in [1.165, 1.54) is 0 Å². The highest BCUT2D eigenvalue weighted by Gasteiger charge is 2.17. The van der Waals surface area contributed by atoms with Crippen molar-refractivity contribution >= 4 is 0 Å². The van der Waals surface area contributed by atoms with Crippen molar-refractivity contribution in [2.75, 3.05) is 0 Å². The highest BCUT2D eigenvalue weighted by atomic mass is 16.3. The first-order valence-corrected chi connectivity index (χ1v) is 5.24. The molecule has 14 heavy (non-hydrogen) atoms. The van der Waals surface area contributed by atoms with Crippen molar-refractivity contribution in [1.29, 1.82) is 0 Å². The van der Waals surface area contributed by atoms with E-state index in [2.05, 4.69) is 25.0 Å². The van der Waals surface area contributed by atoms with Crippen LogP contribution in [0, 0.1) is 0 Å². The molecule has 0 aliphatic heterocycles. The van der Waals surface area contributed by atoms with Gasteiger partial charge in [-0.1, -0.05) is 6.92 Å². The molecule has 3 heteroatoms. The van der Waals surface area contributed by atoms with Crippen LogP contribution in [0.2, 0.25) is 0 Å². The molecule has 0 aliphatic rings. The summed E-state index contributed by atoms with van der Waals surface area (Å²) in [6.45, 7) is 8.68. The number of aryl methyl sites for hydroxylation is 2. The van der Waals surface area contributed by atoms with E-state index < -0.39 is 5.60 Å². The van der Waals surface area contributed by atoms with E-state index in [-0.39, 0.29) is 0 Å². The molecule has 0 aromatic carbocycles. The summed E-state index contributed by atoms with van der Waals surface area (Å²) in [6.07, 6.45) is 1.61. The molecule has 3 nitrogen and oxygen atoms in total. The van der Waals surface area contributed by atoms with Gasteiger partial charge in [-0.15, -0.1) is 0 Å². The Balaban J connectivity index is 2.89. The van der Waals surface area contributed by atoms with Crippen molar-refractivity contribution in [2.45, 2.75) is 52.7 Å². The van der Waals surface area contributed by atoms with Crippen molar-refractivity contribution in [2.24, 2.45) is 0 Å². The second-order valence-corrected chi connectivity index (χ2v) is 4.29. The van der Waals surface area contributed by atoms with Crippen LogP contribution in [0.15, 0.2) is 6.07 Å². The molecule has 0 bridgehead atoms. The highest BCUT2D eigenvalue weighted by molar-refractivity contribution is 5.12. The Hall–Kier alpha value is -0.830. The Morgan fingerprint density at radius 3 is 2.50 bits per heavy atom. The van der Waals surface area contributed by atoms with Crippen molar-refractivity contribution in [1.82, 2.24) is 9.78 Å². The molecule has 0 spiro atoms. The first kappa shape index (κ1) is 11.2. The molecule has 0 atom stereocenters. The number of rotatable bonds is 4. The van der Waals surface area contributed by atoms with E-state index in [0.717, 1.165) is 24.4 Å². The zero-order valence-corrected chi connectivity index (χ0v) is 9.54. The second-order valence-electron chi connectivity index (χ2n) is 4.29. The standard InChI is InChI=1S/C11H20N2O/c1-5-9-7-10(8-11(3,4)14)13(6-2)12-9/h7,14H,5-6,8H2,1-4H3. The minimum absolute atomic E-state index is 0.655. The summed E-state index contributed by atoms with van der Waals surface area (Å²) in [4.78, 5) is 0. The maximum absolute atomic E-state index is 9.73. The van der Waals surface area contributed by atoms with Gasteiger partial charge in [0.1, 0.15) is 0 Å². The first-order chi connectivity index (χ1) is 6.46. The van der Waals surface area contributed by atoms with Crippen LogP contribution in [0.5, 0.6) is 0 Å². The van der Waals surface area contributed by atoms with Crippen LogP contribution in [-0.2, 0) is 19.4 Å². The van der Waals surface area contributed by atoms with Crippen molar-refractivity contribution < 1.29 is 5.11 Å². The van der Waals surface area contributed by atoms with Gasteiger partial charge in [0.15, 0.2) is 0 Å². The molecule has 1 heterocycles. The average Bonchev–Trinajstić information content (AvgIpc) is 2.44. The fraction of sp³-hybridized carbons (Fsp3) is 0.727. The zero-order chi connectivity index (χ0) is 10.8. The molecular weight excluding hydrogens is 176 g/mol. The summed E-state index contributed by atoms with van der Waals surface area (Å²) in [6, 6.07) is 2.08. The number of aromatic nitrogens is 2. The fourth-order valence-corrected chi connectivity index (χ4v) is 1.55. The zero-order valence-electron chi connectivity index (χ0n) is 9.54. The third-order valence-electron chi connectivity index (χ3n) is 2.19. The summed E-state index contributed by atoms with van der Waals surface area (Å²) < 4.78 is 1.97. The average molecular weight is 196 g/mol. The lowest BCUT2D eigenvalue weighted by Crippen LogP contribution is -2.23. The molecule has 0 amide bonds. The van der Waals surface area contributed by atoms with Gasteiger partial charge in [0.2, 0.25) is 0 Å². The quantitative estimate of drug-likeness (QED) is 0.797. The predicted molar refractivity (Wildman–Crippen MR) is 57.3 cm³/mol. The molecular formula is C11H20N2O. The Labute approximate surface area is 85.8 Å². The lowest BCUT2D eigenvalue weighted by atomic mass is 10.0. The predicted octanol–water partition coefficient (Wildman–Crippen LogP) is 1.78. The minimum atomic E-state index is -0.655. The van der Waals surface area contributed by atoms with E-state index in [1.54, 1.807) is 0 Å². The Morgan fingerprint density at radius 1 is 1.43 bits per heavy atom. The molecule has 0 radical (unpaired) electrons. The topological polar surface area (TPSA) is 38.0 Å². The molecule has 0 saturated carbocycles. The Bertz CT molecular complexity index is 297. The van der Waals surface area contributed by atoms with Gasteiger partial charge in [0.25, 0.3) is 0 Å². The van der Waals surface area contributed by atoms with Gasteiger partial charge >= 0.3 is 0 Å². The summed E-state index contributed by atoms with van der Waals surface area (Å²) >= 11 is 0. The summed E-state index contributed by atoms with van der Waals surface area (Å²) in [7, 11) is 0. The molecule has 1 aromatic heterocycles. The smallest absolute Gasteiger partial charge is 0.0646 e. The molecule has 0 aliphatic carbocycles. The minimum Gasteiger partial charge on any atom is -0.390 e. The molecule has 1 rings (SSSR count). The summed E-state index contributed by atoms with van der Waals surface area (Å²) in [5.41, 5.74) is 1.57. The maximum Gasteiger partial charge on any atom is 0.0646 e. The van der Waals surface area contributed by atoms with Crippen LogP contribution < -0.4 is 0 Å². The van der Waals surface area contributed by atoms with Crippen molar-refractivity contribution in [3.63, 3.8) is 0 Å². The lowest BCUT2D eigenvalue weighted by molar-refractivity contribution is 0.0787. The molecule has 1 aromatic rings. The molecule has 1 N–H and O–H groups in total. The van der Waals surface area contributed by atoms with E-state index in [9.17, 15) is 5.11 Å². The van der Waals surface area contributed by atoms with Crippen LogP contribution in [-0.4, -0.2) is 20.5 Å². The van der Waals surface area contributed by atoms with Crippen LogP contribution in [0.4, 0.5) is 0 Å². The van der Waals surface area contributed by atoms with Crippen LogP contribution in [0.3, 0.4) is 0 Å². The monoisotopic (exact) mass is 196 g/mol. The van der Waals surface area contributed by atoms with E-state index in [0.29, 0.717) is 6.42 Å². The largest absolute Gasteiger partial charge is 0.390 e. The Kier molecular flexibility index (Phi) is 3.32. The van der Waals surface area contributed by atoms with Gasteiger partial charge in [-0.3, -0.25) is 4.68 Å². The van der Waals surface area contributed by atoms with Crippen LogP contribution in [0.1, 0.15) is 39.1 Å². The number of hydrogen-bond donors (Lipinski definition) is 1.